The molecule has 0 bridgehead atoms. The van der Waals surface area contributed by atoms with Crippen molar-refractivity contribution in [3.05, 3.63) is 59.8 Å². The molecule has 0 amide bonds. The zero-order valence-electron chi connectivity index (χ0n) is 12.4. The van der Waals surface area contributed by atoms with Crippen LogP contribution in [0.2, 0.25) is 0 Å². The average Bonchev–Trinajstić information content (AvgIpc) is 2.89. The Bertz CT molecular complexity index is 783. The minimum atomic E-state index is -0.334. The van der Waals surface area contributed by atoms with Crippen molar-refractivity contribution in [2.24, 2.45) is 0 Å². The summed E-state index contributed by atoms with van der Waals surface area (Å²) in [7, 11) is 1.87. The molecule has 0 saturated heterocycles. The van der Waals surface area contributed by atoms with Crippen LogP contribution in [0.25, 0.3) is 10.9 Å². The number of nitrogens with one attached hydrogen (secondary N) is 1. The number of phenolic OH excluding ortho intramolecular Hbond substituents is 1. The standard InChI is InChI=1S/C17H18FN3O/c1-19-9-7-12-10-21(11-13-4-2-3-8-20-13)17-14(18)5-6-15(22)16(12)17/h2-6,8,10,19,22H,7,9,11H2,1H3. The minimum Gasteiger partial charge on any atom is -0.507 e. The van der Waals surface area contributed by atoms with Gasteiger partial charge in [-0.15, -0.1) is 0 Å². The van der Waals surface area contributed by atoms with Gasteiger partial charge in [-0.05, 0) is 49.8 Å². The first-order valence-corrected chi connectivity index (χ1v) is 7.24. The summed E-state index contributed by atoms with van der Waals surface area (Å²) in [4.78, 5) is 4.29. The Morgan fingerprint density at radius 2 is 2.14 bits per heavy atom. The van der Waals surface area contributed by atoms with Crippen LogP contribution < -0.4 is 5.32 Å². The second kappa shape index (κ2) is 6.15. The molecule has 0 aliphatic rings. The summed E-state index contributed by atoms with van der Waals surface area (Å²) in [5, 5.41) is 13.8. The van der Waals surface area contributed by atoms with Gasteiger partial charge in [-0.1, -0.05) is 6.07 Å². The molecular formula is C17H18FN3O. The molecular weight excluding hydrogens is 281 g/mol. The van der Waals surface area contributed by atoms with Crippen LogP contribution in [0, 0.1) is 5.82 Å². The first-order chi connectivity index (χ1) is 10.7. The first kappa shape index (κ1) is 14.5. The van der Waals surface area contributed by atoms with Gasteiger partial charge in [-0.2, -0.15) is 0 Å². The monoisotopic (exact) mass is 299 g/mol. The second-order valence-electron chi connectivity index (χ2n) is 5.25. The van der Waals surface area contributed by atoms with Crippen LogP contribution in [-0.4, -0.2) is 28.3 Å². The predicted molar refractivity (Wildman–Crippen MR) is 84.5 cm³/mol. The fourth-order valence-corrected chi connectivity index (χ4v) is 2.71. The molecule has 3 rings (SSSR count). The molecule has 5 heteroatoms. The van der Waals surface area contributed by atoms with Crippen molar-refractivity contribution in [3.8, 4) is 5.75 Å². The maximum absolute atomic E-state index is 14.3. The van der Waals surface area contributed by atoms with Gasteiger partial charge in [0.05, 0.1) is 17.8 Å². The van der Waals surface area contributed by atoms with Crippen LogP contribution in [0.15, 0.2) is 42.7 Å². The lowest BCUT2D eigenvalue weighted by Gasteiger charge is -2.06. The van der Waals surface area contributed by atoms with Crippen LogP contribution in [0.1, 0.15) is 11.3 Å². The third kappa shape index (κ3) is 2.67. The zero-order chi connectivity index (χ0) is 15.5. The summed E-state index contributed by atoms with van der Waals surface area (Å²) < 4.78 is 16.1. The van der Waals surface area contributed by atoms with Crippen LogP contribution in [0.3, 0.4) is 0 Å². The predicted octanol–water partition coefficient (Wildman–Crippen LogP) is 2.69. The smallest absolute Gasteiger partial charge is 0.147 e. The quantitative estimate of drug-likeness (QED) is 0.761. The fraction of sp³-hybridized carbons (Fsp3) is 0.235. The summed E-state index contributed by atoms with van der Waals surface area (Å²) >= 11 is 0. The molecule has 3 aromatic rings. The Labute approximate surface area is 128 Å². The molecule has 4 nitrogen and oxygen atoms in total. The molecule has 0 aliphatic carbocycles. The molecule has 0 unspecified atom stereocenters. The molecule has 114 valence electrons. The Morgan fingerprint density at radius 1 is 1.27 bits per heavy atom. The molecule has 0 radical (unpaired) electrons. The number of benzene rings is 1. The largest absolute Gasteiger partial charge is 0.507 e. The molecule has 0 spiro atoms. The van der Waals surface area contributed by atoms with Gasteiger partial charge in [-0.25, -0.2) is 4.39 Å². The van der Waals surface area contributed by atoms with E-state index in [-0.39, 0.29) is 11.6 Å². The van der Waals surface area contributed by atoms with Crippen molar-refractivity contribution in [2.75, 3.05) is 13.6 Å². The van der Waals surface area contributed by atoms with Crippen molar-refractivity contribution < 1.29 is 9.50 Å². The summed E-state index contributed by atoms with van der Waals surface area (Å²) in [6.45, 7) is 1.23. The Morgan fingerprint density at radius 3 is 2.86 bits per heavy atom. The van der Waals surface area contributed by atoms with E-state index in [0.717, 1.165) is 24.2 Å². The average molecular weight is 299 g/mol. The van der Waals surface area contributed by atoms with Crippen molar-refractivity contribution in [2.45, 2.75) is 13.0 Å². The van der Waals surface area contributed by atoms with Gasteiger partial charge in [0.1, 0.15) is 11.6 Å². The number of nitrogens with zero attached hydrogens (tertiary/aromatic N) is 2. The number of halogens is 1. The summed E-state index contributed by atoms with van der Waals surface area (Å²) in [5.41, 5.74) is 2.20. The molecule has 0 atom stereocenters. The van der Waals surface area contributed by atoms with Crippen LogP contribution in [0.4, 0.5) is 4.39 Å². The highest BCUT2D eigenvalue weighted by molar-refractivity contribution is 5.90. The number of aromatic nitrogens is 2. The first-order valence-electron chi connectivity index (χ1n) is 7.24. The van der Waals surface area contributed by atoms with Crippen LogP contribution in [0.5, 0.6) is 5.75 Å². The molecule has 2 heterocycles. The summed E-state index contributed by atoms with van der Waals surface area (Å²) in [6, 6.07) is 8.37. The Balaban J connectivity index is 2.11. The molecule has 0 aliphatic heterocycles. The molecule has 0 saturated carbocycles. The van der Waals surface area contributed by atoms with E-state index in [9.17, 15) is 9.50 Å². The summed E-state index contributed by atoms with van der Waals surface area (Å²) in [5.74, 6) is -0.221. The SMILES string of the molecule is CNCCc1cn(Cc2ccccn2)c2c(F)ccc(O)c12. The number of phenols is 1. The maximum Gasteiger partial charge on any atom is 0.147 e. The van der Waals surface area contributed by atoms with Crippen molar-refractivity contribution in [1.29, 1.82) is 0 Å². The van der Waals surface area contributed by atoms with E-state index in [1.807, 2.05) is 36.0 Å². The third-order valence-corrected chi connectivity index (χ3v) is 3.73. The molecule has 0 fully saturated rings. The van der Waals surface area contributed by atoms with E-state index in [0.29, 0.717) is 17.4 Å². The number of aromatic hydroxyl groups is 1. The normalized spacial score (nSPS) is 11.2. The highest BCUT2D eigenvalue weighted by Crippen LogP contribution is 2.32. The minimum absolute atomic E-state index is 0.113. The van der Waals surface area contributed by atoms with Gasteiger partial charge >= 0.3 is 0 Å². The Hall–Kier alpha value is -2.40. The maximum atomic E-state index is 14.3. The molecule has 2 aromatic heterocycles. The topological polar surface area (TPSA) is 50.1 Å². The van der Waals surface area contributed by atoms with E-state index in [2.05, 4.69) is 10.3 Å². The van der Waals surface area contributed by atoms with Gasteiger partial charge in [0.25, 0.3) is 0 Å². The van der Waals surface area contributed by atoms with Gasteiger partial charge < -0.3 is 15.0 Å². The van der Waals surface area contributed by atoms with Gasteiger partial charge in [0.15, 0.2) is 0 Å². The number of hydrogen-bond donors (Lipinski definition) is 2. The third-order valence-electron chi connectivity index (χ3n) is 3.73. The van der Waals surface area contributed by atoms with E-state index >= 15 is 0 Å². The highest BCUT2D eigenvalue weighted by Gasteiger charge is 2.16. The number of likely N-dealkylation sites (N-methyl/N-ethyl adjacent to an activating group) is 1. The van der Waals surface area contributed by atoms with Crippen molar-refractivity contribution >= 4 is 10.9 Å². The van der Waals surface area contributed by atoms with Gasteiger partial charge in [-0.3, -0.25) is 4.98 Å². The van der Waals surface area contributed by atoms with E-state index < -0.39 is 0 Å². The van der Waals surface area contributed by atoms with Crippen LogP contribution in [-0.2, 0) is 13.0 Å². The Kier molecular flexibility index (Phi) is 4.06. The van der Waals surface area contributed by atoms with Gasteiger partial charge in [0, 0.05) is 17.8 Å². The number of fused-ring (bicyclic) bond motifs is 1. The van der Waals surface area contributed by atoms with Crippen molar-refractivity contribution in [1.82, 2.24) is 14.9 Å². The fourth-order valence-electron chi connectivity index (χ4n) is 2.71. The lowest BCUT2D eigenvalue weighted by Crippen LogP contribution is -2.10. The van der Waals surface area contributed by atoms with E-state index in [1.165, 1.54) is 12.1 Å². The summed E-state index contributed by atoms with van der Waals surface area (Å²) in [6.07, 6.45) is 4.34. The molecule has 1 aromatic carbocycles. The second-order valence-corrected chi connectivity index (χ2v) is 5.25. The van der Waals surface area contributed by atoms with E-state index in [1.54, 1.807) is 6.20 Å². The lowest BCUT2D eigenvalue weighted by atomic mass is 10.1. The van der Waals surface area contributed by atoms with Crippen LogP contribution >= 0.6 is 0 Å². The zero-order valence-corrected chi connectivity index (χ0v) is 12.4. The number of rotatable bonds is 5. The van der Waals surface area contributed by atoms with E-state index in [4.69, 9.17) is 0 Å². The number of pyridine rings is 1. The highest BCUT2D eigenvalue weighted by atomic mass is 19.1. The number of hydrogen-bond acceptors (Lipinski definition) is 3. The van der Waals surface area contributed by atoms with Crippen molar-refractivity contribution in [3.63, 3.8) is 0 Å². The van der Waals surface area contributed by atoms with Gasteiger partial charge in [0.2, 0.25) is 0 Å². The molecule has 22 heavy (non-hydrogen) atoms. The lowest BCUT2D eigenvalue weighted by molar-refractivity contribution is 0.479. The molecule has 2 N–H and O–H groups in total.